The summed E-state index contributed by atoms with van der Waals surface area (Å²) < 4.78 is 5.32. The van der Waals surface area contributed by atoms with Crippen molar-refractivity contribution in [3.8, 4) is 11.5 Å². The van der Waals surface area contributed by atoms with Crippen molar-refractivity contribution in [2.45, 2.75) is 39.3 Å². The van der Waals surface area contributed by atoms with E-state index in [1.165, 1.54) is 0 Å². The fourth-order valence-electron chi connectivity index (χ4n) is 2.79. The van der Waals surface area contributed by atoms with Crippen molar-refractivity contribution >= 4 is 19.7 Å². The maximum Gasteiger partial charge on any atom is 0.160 e. The quantitative estimate of drug-likeness (QED) is 0.618. The van der Waals surface area contributed by atoms with Gasteiger partial charge in [-0.25, -0.2) is 0 Å². The number of phenols is 1. The van der Waals surface area contributed by atoms with Gasteiger partial charge in [-0.3, -0.25) is 4.79 Å². The number of methoxy groups -OCH3 is 1. The van der Waals surface area contributed by atoms with E-state index in [9.17, 15) is 9.90 Å². The molecule has 0 aliphatic carbocycles. The Labute approximate surface area is 145 Å². The summed E-state index contributed by atoms with van der Waals surface area (Å²) >= 11 is 0. The number of hydrogen-bond acceptors (Lipinski definition) is 3. The van der Waals surface area contributed by atoms with E-state index < -0.39 is 0 Å². The third-order valence-corrected chi connectivity index (χ3v) is 6.35. The first-order valence-corrected chi connectivity index (χ1v) is 9.08. The number of benzene rings is 2. The fraction of sp³-hybridized carbons (Fsp3) is 0.350. The third kappa shape index (κ3) is 3.79. The maximum atomic E-state index is 12.0. The number of carbonyl (C=O) groups excluding carboxylic acids is 1. The Balaban J connectivity index is 2.51. The van der Waals surface area contributed by atoms with Crippen LogP contribution in [0.25, 0.3) is 0 Å². The van der Waals surface area contributed by atoms with Gasteiger partial charge >= 0.3 is 0 Å². The van der Waals surface area contributed by atoms with Gasteiger partial charge in [0.1, 0.15) is 11.5 Å². The summed E-state index contributed by atoms with van der Waals surface area (Å²) in [6.07, 6.45) is 0.845. The molecule has 0 radical (unpaired) electrons. The lowest BCUT2D eigenvalue weighted by molar-refractivity contribution is 0.101. The molecule has 2 aromatic carbocycles. The van der Waals surface area contributed by atoms with Gasteiger partial charge < -0.3 is 9.84 Å². The average molecular weight is 344 g/mol. The lowest BCUT2D eigenvalue weighted by atomic mass is 9.96. The van der Waals surface area contributed by atoms with Gasteiger partial charge in [0.05, 0.1) is 7.11 Å². The molecule has 0 saturated carbocycles. The first kappa shape index (κ1) is 18.5. The van der Waals surface area contributed by atoms with Crippen LogP contribution in [-0.4, -0.2) is 18.0 Å². The number of aromatic hydroxyl groups is 1. The number of phenolic OH excluding ortho intramolecular Hbond substituents is 1. The second kappa shape index (κ2) is 7.36. The average Bonchev–Trinajstić information content (AvgIpc) is 2.56. The highest BCUT2D eigenvalue weighted by Crippen LogP contribution is 2.48. The van der Waals surface area contributed by atoms with Gasteiger partial charge in [-0.1, -0.05) is 40.1 Å². The van der Waals surface area contributed by atoms with Crippen LogP contribution in [0.4, 0.5) is 0 Å². The highest BCUT2D eigenvalue weighted by Gasteiger charge is 2.30. The molecule has 0 aliphatic rings. The minimum absolute atomic E-state index is 0.0783. The Morgan fingerprint density at radius 3 is 2.54 bits per heavy atom. The largest absolute Gasteiger partial charge is 0.508 e. The molecule has 0 fully saturated rings. The number of rotatable bonds is 6. The predicted octanol–water partition coefficient (Wildman–Crippen LogP) is 4.54. The molecule has 24 heavy (non-hydrogen) atoms. The van der Waals surface area contributed by atoms with Crippen molar-refractivity contribution in [2.75, 3.05) is 7.11 Å². The summed E-state index contributed by atoms with van der Waals surface area (Å²) in [6.45, 7) is 7.83. The van der Waals surface area contributed by atoms with Gasteiger partial charge in [0.2, 0.25) is 0 Å². The van der Waals surface area contributed by atoms with E-state index in [0.29, 0.717) is 8.58 Å². The number of Topliss-reactive ketones (excluding diaryl/α,β-unsaturated/α-hetero) is 1. The highest BCUT2D eigenvalue weighted by atomic mass is 31.1. The molecule has 0 saturated heterocycles. The summed E-state index contributed by atoms with van der Waals surface area (Å²) in [5.74, 6) is 1.07. The Bertz CT molecular complexity index is 755. The van der Waals surface area contributed by atoms with Crippen LogP contribution >= 0.6 is 8.58 Å². The normalized spacial score (nSPS) is 13.9. The number of carbonyl (C=O) groups is 1. The van der Waals surface area contributed by atoms with E-state index in [-0.39, 0.29) is 16.7 Å². The van der Waals surface area contributed by atoms with Gasteiger partial charge in [0.15, 0.2) is 5.78 Å². The van der Waals surface area contributed by atoms with Crippen molar-refractivity contribution < 1.29 is 14.6 Å². The SMILES string of the molecule is CCC(C)(Pc1ccc(C)cc1C(C)=O)c1cc(OC)ccc1O. The molecule has 2 unspecified atom stereocenters. The van der Waals surface area contributed by atoms with Gasteiger partial charge in [-0.05, 0) is 49.8 Å². The van der Waals surface area contributed by atoms with Crippen LogP contribution in [0.2, 0.25) is 0 Å². The lowest BCUT2D eigenvalue weighted by Crippen LogP contribution is -2.21. The van der Waals surface area contributed by atoms with Crippen LogP contribution in [0.3, 0.4) is 0 Å². The predicted molar refractivity (Wildman–Crippen MR) is 101 cm³/mol. The number of hydrogen-bond donors (Lipinski definition) is 1. The Morgan fingerprint density at radius 1 is 1.25 bits per heavy atom. The first-order valence-electron chi connectivity index (χ1n) is 8.08. The van der Waals surface area contributed by atoms with Crippen LogP contribution < -0.4 is 10.0 Å². The number of ketones is 1. The molecule has 0 aromatic heterocycles. The van der Waals surface area contributed by atoms with Gasteiger partial charge in [-0.15, -0.1) is 0 Å². The molecule has 4 heteroatoms. The summed E-state index contributed by atoms with van der Waals surface area (Å²) in [6, 6.07) is 11.4. The standard InChI is InChI=1S/C20H25O3P/c1-6-20(4,17-12-15(23-5)8-9-18(17)22)24-19-10-7-13(2)11-16(19)14(3)21/h7-12,22,24H,6H2,1-5H3. The zero-order valence-electron chi connectivity index (χ0n) is 14.9. The van der Waals surface area contributed by atoms with Crippen molar-refractivity contribution in [3.63, 3.8) is 0 Å². The number of ether oxygens (including phenoxy) is 1. The summed E-state index contributed by atoms with van der Waals surface area (Å²) in [4.78, 5) is 12.0. The zero-order chi connectivity index (χ0) is 17.9. The molecule has 0 bridgehead atoms. The lowest BCUT2D eigenvalue weighted by Gasteiger charge is -2.31. The van der Waals surface area contributed by atoms with Crippen LogP contribution in [0.5, 0.6) is 11.5 Å². The Kier molecular flexibility index (Phi) is 5.66. The Hall–Kier alpha value is -1.86. The molecule has 0 amide bonds. The van der Waals surface area contributed by atoms with Crippen molar-refractivity contribution in [3.05, 3.63) is 53.1 Å². The fourth-order valence-corrected chi connectivity index (χ4v) is 4.44. The van der Waals surface area contributed by atoms with Gasteiger partial charge in [0.25, 0.3) is 0 Å². The molecular formula is C20H25O3P. The molecule has 2 rings (SSSR count). The molecule has 1 N–H and O–H groups in total. The summed E-state index contributed by atoms with van der Waals surface area (Å²) in [5, 5.41) is 11.2. The highest BCUT2D eigenvalue weighted by molar-refractivity contribution is 7.48. The monoisotopic (exact) mass is 344 g/mol. The molecule has 3 nitrogen and oxygen atoms in total. The second-order valence-electron chi connectivity index (χ2n) is 6.30. The zero-order valence-corrected chi connectivity index (χ0v) is 15.9. The minimum Gasteiger partial charge on any atom is -0.508 e. The first-order chi connectivity index (χ1) is 11.3. The van der Waals surface area contributed by atoms with E-state index in [4.69, 9.17) is 4.74 Å². The van der Waals surface area contributed by atoms with E-state index in [1.54, 1.807) is 26.2 Å². The van der Waals surface area contributed by atoms with Crippen LogP contribution in [0.15, 0.2) is 36.4 Å². The van der Waals surface area contributed by atoms with Crippen LogP contribution in [0.1, 0.15) is 48.7 Å². The molecule has 2 atom stereocenters. The van der Waals surface area contributed by atoms with E-state index in [2.05, 4.69) is 13.8 Å². The third-order valence-electron chi connectivity index (χ3n) is 4.47. The molecule has 0 spiro atoms. The smallest absolute Gasteiger partial charge is 0.160 e. The molecule has 2 aromatic rings. The molecule has 128 valence electrons. The van der Waals surface area contributed by atoms with Crippen molar-refractivity contribution in [1.29, 1.82) is 0 Å². The van der Waals surface area contributed by atoms with Crippen LogP contribution in [-0.2, 0) is 5.16 Å². The summed E-state index contributed by atoms with van der Waals surface area (Å²) in [7, 11) is 1.99. The minimum atomic E-state index is -0.266. The van der Waals surface area contributed by atoms with Crippen molar-refractivity contribution in [2.24, 2.45) is 0 Å². The second-order valence-corrected chi connectivity index (χ2v) is 8.19. The molecule has 0 aliphatic heterocycles. The Morgan fingerprint density at radius 2 is 1.96 bits per heavy atom. The van der Waals surface area contributed by atoms with E-state index >= 15 is 0 Å². The van der Waals surface area contributed by atoms with E-state index in [0.717, 1.165) is 34.2 Å². The molecule has 0 heterocycles. The summed E-state index contributed by atoms with van der Waals surface area (Å²) in [5.41, 5.74) is 2.71. The number of aryl methyl sites for hydroxylation is 1. The van der Waals surface area contributed by atoms with E-state index in [1.807, 2.05) is 31.2 Å². The van der Waals surface area contributed by atoms with Crippen LogP contribution in [0, 0.1) is 6.92 Å². The topological polar surface area (TPSA) is 46.5 Å². The van der Waals surface area contributed by atoms with Gasteiger partial charge in [-0.2, -0.15) is 0 Å². The molecular weight excluding hydrogens is 319 g/mol. The van der Waals surface area contributed by atoms with Crippen molar-refractivity contribution in [1.82, 2.24) is 0 Å². The maximum absolute atomic E-state index is 12.0. The van der Waals surface area contributed by atoms with Gasteiger partial charge in [0, 0.05) is 16.3 Å².